The van der Waals surface area contributed by atoms with Gasteiger partial charge in [-0.05, 0) is 37.3 Å². The summed E-state index contributed by atoms with van der Waals surface area (Å²) >= 11 is 3.46. The first-order valence-electron chi connectivity index (χ1n) is 8.95. The second kappa shape index (κ2) is 8.26. The van der Waals surface area contributed by atoms with Crippen LogP contribution in [-0.4, -0.2) is 31.8 Å². The molecule has 0 spiro atoms. The SMILES string of the molecule is CCOC(=O)COc1ccc2c(c1)OC(=Cc1cc(Br)cc3c1OCOC3)C2=O. The summed E-state index contributed by atoms with van der Waals surface area (Å²) in [5.41, 5.74) is 2.02. The molecule has 0 N–H and O–H groups in total. The summed E-state index contributed by atoms with van der Waals surface area (Å²) in [7, 11) is 0. The van der Waals surface area contributed by atoms with Gasteiger partial charge in [-0.1, -0.05) is 15.9 Å². The molecule has 0 aromatic heterocycles. The average molecular weight is 461 g/mol. The highest BCUT2D eigenvalue weighted by Gasteiger charge is 2.29. The van der Waals surface area contributed by atoms with Crippen LogP contribution in [0.2, 0.25) is 0 Å². The number of hydrogen-bond acceptors (Lipinski definition) is 7. The van der Waals surface area contributed by atoms with E-state index >= 15 is 0 Å². The topological polar surface area (TPSA) is 80.3 Å². The number of ether oxygens (including phenoxy) is 5. The highest BCUT2D eigenvalue weighted by molar-refractivity contribution is 9.10. The minimum absolute atomic E-state index is 0.154. The molecule has 150 valence electrons. The molecular formula is C21H17BrO7. The number of hydrogen-bond donors (Lipinski definition) is 0. The summed E-state index contributed by atoms with van der Waals surface area (Å²) in [5.74, 6) is 0.921. The van der Waals surface area contributed by atoms with Crippen LogP contribution in [0.5, 0.6) is 17.2 Å². The summed E-state index contributed by atoms with van der Waals surface area (Å²) < 4.78 is 27.7. The molecule has 2 aliphatic heterocycles. The Kier molecular flexibility index (Phi) is 5.55. The number of rotatable bonds is 5. The van der Waals surface area contributed by atoms with E-state index in [4.69, 9.17) is 23.7 Å². The van der Waals surface area contributed by atoms with Crippen molar-refractivity contribution in [2.24, 2.45) is 0 Å². The molecule has 7 nitrogen and oxygen atoms in total. The van der Waals surface area contributed by atoms with Gasteiger partial charge in [0.1, 0.15) is 17.2 Å². The third-order valence-corrected chi connectivity index (χ3v) is 4.75. The second-order valence-corrected chi connectivity index (χ2v) is 7.20. The van der Waals surface area contributed by atoms with Gasteiger partial charge in [0, 0.05) is 21.7 Å². The molecule has 0 saturated carbocycles. The molecular weight excluding hydrogens is 444 g/mol. The van der Waals surface area contributed by atoms with Crippen molar-refractivity contribution < 1.29 is 33.3 Å². The lowest BCUT2D eigenvalue weighted by Gasteiger charge is -2.20. The predicted octanol–water partition coefficient (Wildman–Crippen LogP) is 3.87. The van der Waals surface area contributed by atoms with Crippen LogP contribution in [0.3, 0.4) is 0 Å². The molecule has 29 heavy (non-hydrogen) atoms. The Bertz CT molecular complexity index is 1010. The Labute approximate surface area is 175 Å². The van der Waals surface area contributed by atoms with Crippen LogP contribution in [0.1, 0.15) is 28.4 Å². The zero-order valence-corrected chi connectivity index (χ0v) is 17.1. The Morgan fingerprint density at radius 2 is 2.14 bits per heavy atom. The first-order valence-corrected chi connectivity index (χ1v) is 9.74. The molecule has 0 aliphatic carbocycles. The maximum atomic E-state index is 12.7. The van der Waals surface area contributed by atoms with E-state index in [1.54, 1.807) is 31.2 Å². The van der Waals surface area contributed by atoms with Gasteiger partial charge in [0.15, 0.2) is 19.2 Å². The fourth-order valence-electron chi connectivity index (χ4n) is 3.06. The number of carbonyl (C=O) groups is 2. The second-order valence-electron chi connectivity index (χ2n) is 6.29. The van der Waals surface area contributed by atoms with E-state index in [1.165, 1.54) is 0 Å². The number of esters is 1. The van der Waals surface area contributed by atoms with E-state index in [9.17, 15) is 9.59 Å². The molecule has 0 unspecified atom stereocenters. The van der Waals surface area contributed by atoms with E-state index in [-0.39, 0.29) is 31.5 Å². The van der Waals surface area contributed by atoms with Gasteiger partial charge in [0.05, 0.1) is 18.8 Å². The first kappa shape index (κ1) is 19.5. The molecule has 0 fully saturated rings. The molecule has 2 heterocycles. The normalized spacial score (nSPS) is 15.9. The van der Waals surface area contributed by atoms with Crippen molar-refractivity contribution in [2.45, 2.75) is 13.5 Å². The van der Waals surface area contributed by atoms with Crippen molar-refractivity contribution in [3.8, 4) is 17.2 Å². The lowest BCUT2D eigenvalue weighted by Crippen LogP contribution is -2.14. The monoisotopic (exact) mass is 460 g/mol. The van der Waals surface area contributed by atoms with E-state index in [1.807, 2.05) is 12.1 Å². The van der Waals surface area contributed by atoms with Gasteiger partial charge in [-0.3, -0.25) is 4.79 Å². The number of ketones is 1. The van der Waals surface area contributed by atoms with Crippen molar-refractivity contribution >= 4 is 33.8 Å². The minimum Gasteiger partial charge on any atom is -0.482 e. The van der Waals surface area contributed by atoms with Crippen molar-refractivity contribution in [3.05, 3.63) is 57.3 Å². The van der Waals surface area contributed by atoms with Crippen LogP contribution in [0.25, 0.3) is 6.08 Å². The average Bonchev–Trinajstić information content (AvgIpc) is 3.01. The van der Waals surface area contributed by atoms with Crippen molar-refractivity contribution in [2.75, 3.05) is 20.0 Å². The van der Waals surface area contributed by atoms with Gasteiger partial charge in [0.2, 0.25) is 5.78 Å². The molecule has 0 saturated heterocycles. The number of carbonyl (C=O) groups excluding carboxylic acids is 2. The number of allylic oxidation sites excluding steroid dienone is 1. The maximum Gasteiger partial charge on any atom is 0.344 e. The third kappa shape index (κ3) is 4.13. The quantitative estimate of drug-likeness (QED) is 0.494. The molecule has 0 atom stereocenters. The van der Waals surface area contributed by atoms with Crippen LogP contribution in [0.4, 0.5) is 0 Å². The minimum atomic E-state index is -0.464. The lowest BCUT2D eigenvalue weighted by atomic mass is 10.1. The number of halogens is 1. The van der Waals surface area contributed by atoms with E-state index in [2.05, 4.69) is 15.9 Å². The third-order valence-electron chi connectivity index (χ3n) is 4.29. The zero-order valence-electron chi connectivity index (χ0n) is 15.5. The van der Waals surface area contributed by atoms with Crippen LogP contribution in [-0.2, 0) is 20.9 Å². The molecule has 2 aliphatic rings. The fraction of sp³-hybridized carbons (Fsp3) is 0.238. The van der Waals surface area contributed by atoms with E-state index in [0.29, 0.717) is 35.0 Å². The summed E-state index contributed by atoms with van der Waals surface area (Å²) in [6.07, 6.45) is 1.65. The van der Waals surface area contributed by atoms with E-state index < -0.39 is 5.97 Å². The largest absolute Gasteiger partial charge is 0.482 e. The standard InChI is InChI=1S/C21H17BrO7/c1-2-26-19(23)10-27-15-3-4-16-17(8-15)29-18(20(16)24)7-12-5-14(22)6-13-9-25-11-28-21(12)13/h3-8H,2,9-11H2,1H3. The Hall–Kier alpha value is -2.84. The molecule has 2 aromatic carbocycles. The summed E-state index contributed by atoms with van der Waals surface area (Å²) in [6, 6.07) is 8.57. The van der Waals surface area contributed by atoms with Gasteiger partial charge in [-0.2, -0.15) is 0 Å². The smallest absolute Gasteiger partial charge is 0.344 e. The van der Waals surface area contributed by atoms with Gasteiger partial charge < -0.3 is 23.7 Å². The predicted molar refractivity (Wildman–Crippen MR) is 106 cm³/mol. The van der Waals surface area contributed by atoms with Crippen LogP contribution >= 0.6 is 15.9 Å². The van der Waals surface area contributed by atoms with Gasteiger partial charge in [-0.25, -0.2) is 4.79 Å². The lowest BCUT2D eigenvalue weighted by molar-refractivity contribution is -0.145. The Morgan fingerprint density at radius 3 is 2.97 bits per heavy atom. The van der Waals surface area contributed by atoms with Gasteiger partial charge in [0.25, 0.3) is 0 Å². The van der Waals surface area contributed by atoms with Crippen molar-refractivity contribution in [1.82, 2.24) is 0 Å². The van der Waals surface area contributed by atoms with Crippen LogP contribution < -0.4 is 14.2 Å². The highest BCUT2D eigenvalue weighted by atomic mass is 79.9. The molecule has 8 heteroatoms. The Morgan fingerprint density at radius 1 is 1.28 bits per heavy atom. The van der Waals surface area contributed by atoms with Gasteiger partial charge in [-0.15, -0.1) is 0 Å². The summed E-state index contributed by atoms with van der Waals surface area (Å²) in [4.78, 5) is 24.2. The molecule has 0 amide bonds. The van der Waals surface area contributed by atoms with E-state index in [0.717, 1.165) is 10.0 Å². The molecule has 4 rings (SSSR count). The summed E-state index contributed by atoms with van der Waals surface area (Å²) in [5, 5.41) is 0. The molecule has 0 bridgehead atoms. The van der Waals surface area contributed by atoms with Crippen molar-refractivity contribution in [3.63, 3.8) is 0 Å². The Balaban J connectivity index is 1.57. The van der Waals surface area contributed by atoms with Gasteiger partial charge >= 0.3 is 5.97 Å². The molecule has 2 aromatic rings. The fourth-order valence-corrected chi connectivity index (χ4v) is 3.58. The molecule has 0 radical (unpaired) electrons. The number of Topliss-reactive ketones (excluding diaryl/α,β-unsaturated/α-hetero) is 1. The van der Waals surface area contributed by atoms with Crippen molar-refractivity contribution in [1.29, 1.82) is 0 Å². The number of fused-ring (bicyclic) bond motifs is 2. The maximum absolute atomic E-state index is 12.7. The van der Waals surface area contributed by atoms with Crippen LogP contribution in [0, 0.1) is 0 Å². The van der Waals surface area contributed by atoms with Crippen LogP contribution in [0.15, 0.2) is 40.6 Å². The zero-order chi connectivity index (χ0) is 20.4. The summed E-state index contributed by atoms with van der Waals surface area (Å²) in [6.45, 7) is 2.38. The highest BCUT2D eigenvalue weighted by Crippen LogP contribution is 2.38. The number of benzene rings is 2. The first-order chi connectivity index (χ1) is 14.0.